The van der Waals surface area contributed by atoms with Crippen molar-refractivity contribution in [3.8, 4) is 11.5 Å². The molecule has 5 N–H and O–H groups in total. The molecule has 7 nitrogen and oxygen atoms in total. The molecule has 1 aromatic rings. The highest BCUT2D eigenvalue weighted by atomic mass is 16.7. The molecule has 102 valence electrons. The Balaban J connectivity index is 1.84. The van der Waals surface area contributed by atoms with Crippen LogP contribution in [-0.2, 0) is 6.42 Å². The van der Waals surface area contributed by atoms with Gasteiger partial charge in [-0.25, -0.2) is 0 Å². The van der Waals surface area contributed by atoms with Crippen LogP contribution in [0.4, 0.5) is 0 Å². The van der Waals surface area contributed by atoms with E-state index in [-0.39, 0.29) is 12.8 Å². The van der Waals surface area contributed by atoms with Crippen molar-refractivity contribution in [3.63, 3.8) is 0 Å². The van der Waals surface area contributed by atoms with Crippen molar-refractivity contribution < 1.29 is 9.47 Å². The summed E-state index contributed by atoms with van der Waals surface area (Å²) in [5, 5.41) is 12.8. The second kappa shape index (κ2) is 5.94. The Bertz CT molecular complexity index is 501. The summed E-state index contributed by atoms with van der Waals surface area (Å²) in [7, 11) is 1.62. The van der Waals surface area contributed by atoms with E-state index in [4.69, 9.17) is 20.6 Å². The molecule has 0 aromatic heterocycles. The van der Waals surface area contributed by atoms with Gasteiger partial charge in [-0.1, -0.05) is 6.07 Å². The van der Waals surface area contributed by atoms with Gasteiger partial charge in [0.2, 0.25) is 6.79 Å². The number of nitrogens with one attached hydrogen (secondary N) is 3. The van der Waals surface area contributed by atoms with Crippen LogP contribution in [0.15, 0.2) is 23.2 Å². The van der Waals surface area contributed by atoms with Gasteiger partial charge in [-0.15, -0.1) is 0 Å². The van der Waals surface area contributed by atoms with Crippen molar-refractivity contribution in [3.05, 3.63) is 23.8 Å². The maximum atomic E-state index is 7.13. The molecule has 7 heteroatoms. The average molecular weight is 263 g/mol. The molecule has 0 spiro atoms. The summed E-state index contributed by atoms with van der Waals surface area (Å²) in [6.45, 7) is 0.957. The fourth-order valence-corrected chi connectivity index (χ4v) is 1.73. The maximum absolute atomic E-state index is 7.13. The minimum absolute atomic E-state index is 0.142. The molecule has 0 atom stereocenters. The van der Waals surface area contributed by atoms with Crippen molar-refractivity contribution >= 4 is 11.9 Å². The fraction of sp³-hybridized carbons (Fsp3) is 0.333. The Morgan fingerprint density at radius 2 is 2.21 bits per heavy atom. The van der Waals surface area contributed by atoms with E-state index in [9.17, 15) is 0 Å². The van der Waals surface area contributed by atoms with Crippen molar-refractivity contribution in [2.24, 2.45) is 10.7 Å². The third-order valence-corrected chi connectivity index (χ3v) is 2.62. The van der Waals surface area contributed by atoms with Crippen LogP contribution in [0.3, 0.4) is 0 Å². The van der Waals surface area contributed by atoms with E-state index in [0.717, 1.165) is 23.5 Å². The van der Waals surface area contributed by atoms with Crippen LogP contribution in [0.25, 0.3) is 0 Å². The molecule has 1 aliphatic heterocycles. The van der Waals surface area contributed by atoms with Crippen LogP contribution < -0.4 is 25.8 Å². The first-order valence-electron chi connectivity index (χ1n) is 5.89. The zero-order valence-corrected chi connectivity index (χ0v) is 10.7. The number of guanidine groups is 2. The summed E-state index contributed by atoms with van der Waals surface area (Å²) in [4.78, 5) is 3.95. The third-order valence-electron chi connectivity index (χ3n) is 2.62. The predicted molar refractivity (Wildman–Crippen MR) is 72.7 cm³/mol. The topological polar surface area (TPSA) is 105 Å². The lowest BCUT2D eigenvalue weighted by Gasteiger charge is -2.10. The molecule has 0 radical (unpaired) electrons. The molecule has 0 amide bonds. The first kappa shape index (κ1) is 13.0. The molecular formula is C12H17N5O2. The van der Waals surface area contributed by atoms with Crippen molar-refractivity contribution in [2.45, 2.75) is 6.42 Å². The first-order valence-corrected chi connectivity index (χ1v) is 5.89. The SMILES string of the molecule is CN=C(NCCc1ccc2c(c1)OCO2)NC(=N)N. The number of aliphatic imine (C=N–C) groups is 1. The highest BCUT2D eigenvalue weighted by molar-refractivity contribution is 5.96. The highest BCUT2D eigenvalue weighted by Crippen LogP contribution is 2.32. The predicted octanol–water partition coefficient (Wildman–Crippen LogP) is 0.0163. The monoisotopic (exact) mass is 263 g/mol. The Hall–Kier alpha value is -2.44. The quantitative estimate of drug-likeness (QED) is 0.454. The van der Waals surface area contributed by atoms with Crippen LogP contribution in [0.2, 0.25) is 0 Å². The lowest BCUT2D eigenvalue weighted by Crippen LogP contribution is -2.44. The summed E-state index contributed by atoms with van der Waals surface area (Å²) < 4.78 is 10.6. The Morgan fingerprint density at radius 3 is 2.95 bits per heavy atom. The third kappa shape index (κ3) is 3.51. The van der Waals surface area contributed by atoms with Crippen LogP contribution >= 0.6 is 0 Å². The molecule has 19 heavy (non-hydrogen) atoms. The molecule has 0 saturated heterocycles. The maximum Gasteiger partial charge on any atom is 0.231 e. The summed E-state index contributed by atoms with van der Waals surface area (Å²) in [5.74, 6) is 1.90. The Labute approximate surface area is 111 Å². The van der Waals surface area contributed by atoms with Gasteiger partial charge in [0.25, 0.3) is 0 Å². The van der Waals surface area contributed by atoms with Crippen LogP contribution in [0, 0.1) is 5.41 Å². The number of nitrogens with two attached hydrogens (primary N) is 1. The van der Waals surface area contributed by atoms with E-state index in [2.05, 4.69) is 15.6 Å². The Kier molecular flexibility index (Phi) is 4.07. The number of rotatable bonds is 3. The van der Waals surface area contributed by atoms with Crippen LogP contribution in [-0.4, -0.2) is 32.3 Å². The normalized spacial score (nSPS) is 13.2. The smallest absolute Gasteiger partial charge is 0.231 e. The second-order valence-corrected chi connectivity index (χ2v) is 3.98. The molecule has 0 aliphatic carbocycles. The van der Waals surface area contributed by atoms with E-state index in [1.54, 1.807) is 7.05 Å². The molecule has 0 unspecified atom stereocenters. The highest BCUT2D eigenvalue weighted by Gasteiger charge is 2.12. The zero-order valence-electron chi connectivity index (χ0n) is 10.7. The van der Waals surface area contributed by atoms with Gasteiger partial charge in [-0.3, -0.25) is 15.7 Å². The van der Waals surface area contributed by atoms with Gasteiger partial charge in [0.1, 0.15) is 0 Å². The molecule has 0 saturated carbocycles. The lowest BCUT2D eigenvalue weighted by atomic mass is 10.1. The Morgan fingerprint density at radius 1 is 1.42 bits per heavy atom. The summed E-state index contributed by atoms with van der Waals surface area (Å²) in [6.07, 6.45) is 0.801. The van der Waals surface area contributed by atoms with Crippen molar-refractivity contribution in [2.75, 3.05) is 20.4 Å². The van der Waals surface area contributed by atoms with Crippen molar-refractivity contribution in [1.82, 2.24) is 10.6 Å². The molecule has 0 bridgehead atoms. The van der Waals surface area contributed by atoms with Gasteiger partial charge >= 0.3 is 0 Å². The van der Waals surface area contributed by atoms with Gasteiger partial charge in [0, 0.05) is 13.6 Å². The molecule has 1 aromatic carbocycles. The van der Waals surface area contributed by atoms with Gasteiger partial charge in [-0.2, -0.15) is 0 Å². The number of hydrogen-bond donors (Lipinski definition) is 4. The average Bonchev–Trinajstić information content (AvgIpc) is 2.84. The largest absolute Gasteiger partial charge is 0.454 e. The standard InChI is InChI=1S/C12H17N5O2/c1-15-12(17-11(13)14)16-5-4-8-2-3-9-10(6-8)19-7-18-9/h2-3,6H,4-5,7H2,1H3,(H5,13,14,15,16,17). The molecule has 0 fully saturated rings. The molecule has 2 rings (SSSR count). The molecule has 1 aliphatic rings. The number of ether oxygens (including phenoxy) is 2. The van der Waals surface area contributed by atoms with Gasteiger partial charge < -0.3 is 20.5 Å². The first-order chi connectivity index (χ1) is 9.19. The van der Waals surface area contributed by atoms with E-state index >= 15 is 0 Å². The van der Waals surface area contributed by atoms with E-state index in [1.807, 2.05) is 18.2 Å². The van der Waals surface area contributed by atoms with Crippen LogP contribution in [0.1, 0.15) is 5.56 Å². The summed E-state index contributed by atoms with van der Waals surface area (Å²) in [5.41, 5.74) is 6.37. The van der Waals surface area contributed by atoms with Gasteiger partial charge in [0.15, 0.2) is 23.4 Å². The number of hydrogen-bond acceptors (Lipinski definition) is 4. The summed E-state index contributed by atoms with van der Waals surface area (Å²) >= 11 is 0. The second-order valence-electron chi connectivity index (χ2n) is 3.98. The number of nitrogens with zero attached hydrogens (tertiary/aromatic N) is 1. The molecular weight excluding hydrogens is 246 g/mol. The zero-order chi connectivity index (χ0) is 13.7. The van der Waals surface area contributed by atoms with E-state index in [1.165, 1.54) is 0 Å². The van der Waals surface area contributed by atoms with Gasteiger partial charge in [0.05, 0.1) is 0 Å². The van der Waals surface area contributed by atoms with Gasteiger partial charge in [-0.05, 0) is 24.1 Å². The van der Waals surface area contributed by atoms with Crippen LogP contribution in [0.5, 0.6) is 11.5 Å². The number of benzene rings is 1. The minimum Gasteiger partial charge on any atom is -0.454 e. The fourth-order valence-electron chi connectivity index (χ4n) is 1.73. The molecule has 1 heterocycles. The summed E-state index contributed by atoms with van der Waals surface area (Å²) in [6, 6.07) is 5.86. The minimum atomic E-state index is -0.142. The lowest BCUT2D eigenvalue weighted by molar-refractivity contribution is 0.174. The van der Waals surface area contributed by atoms with E-state index in [0.29, 0.717) is 12.5 Å². The van der Waals surface area contributed by atoms with Crippen molar-refractivity contribution in [1.29, 1.82) is 5.41 Å². The van der Waals surface area contributed by atoms with E-state index < -0.39 is 0 Å². The number of fused-ring (bicyclic) bond motifs is 1.